The van der Waals surface area contributed by atoms with Crippen LogP contribution in [-0.4, -0.2) is 45.4 Å². The Hall–Kier alpha value is -4.72. The van der Waals surface area contributed by atoms with Crippen molar-refractivity contribution in [1.29, 1.82) is 0 Å². The van der Waals surface area contributed by atoms with Crippen LogP contribution in [0.4, 0.5) is 4.79 Å². The second-order valence-corrected chi connectivity index (χ2v) is 10.7. The Bertz CT molecular complexity index is 1480. The number of aromatic nitrogens is 2. The van der Waals surface area contributed by atoms with Crippen LogP contribution < -0.4 is 10.1 Å². The normalized spacial score (nSPS) is 13.2. The number of ether oxygens (including phenoxy) is 2. The summed E-state index contributed by atoms with van der Waals surface area (Å²) in [6.07, 6.45) is 4.21. The third-order valence-corrected chi connectivity index (χ3v) is 6.63. The van der Waals surface area contributed by atoms with E-state index >= 15 is 0 Å². The number of carbonyl (C=O) groups is 2. The second kappa shape index (κ2) is 11.2. The van der Waals surface area contributed by atoms with Crippen molar-refractivity contribution >= 4 is 12.1 Å². The first-order valence-corrected chi connectivity index (χ1v) is 13.1. The molecule has 8 nitrogen and oxygen atoms in total. The molecule has 0 aliphatic heterocycles. The van der Waals surface area contributed by atoms with E-state index in [1.165, 1.54) is 0 Å². The molecule has 2 heterocycles. The zero-order chi connectivity index (χ0) is 28.3. The van der Waals surface area contributed by atoms with Crippen molar-refractivity contribution < 1.29 is 24.2 Å². The summed E-state index contributed by atoms with van der Waals surface area (Å²) in [7, 11) is 0. The van der Waals surface area contributed by atoms with E-state index in [0.29, 0.717) is 17.0 Å². The molecular formula is C32H31N3O5. The van der Waals surface area contributed by atoms with Crippen molar-refractivity contribution in [3.63, 3.8) is 0 Å². The average Bonchev–Trinajstić information content (AvgIpc) is 3.25. The van der Waals surface area contributed by atoms with E-state index in [9.17, 15) is 14.7 Å². The van der Waals surface area contributed by atoms with Gasteiger partial charge in [0.25, 0.3) is 0 Å². The van der Waals surface area contributed by atoms with Gasteiger partial charge >= 0.3 is 12.1 Å². The Labute approximate surface area is 233 Å². The Balaban J connectivity index is 1.21. The van der Waals surface area contributed by atoms with Crippen LogP contribution >= 0.6 is 0 Å². The molecule has 0 saturated carbocycles. The van der Waals surface area contributed by atoms with E-state index in [1.807, 2.05) is 63.2 Å². The molecule has 0 saturated heterocycles. The number of pyridine rings is 2. The highest BCUT2D eigenvalue weighted by atomic mass is 16.5. The SMILES string of the molecule is CC(C)(C)Oc1cncc(-c2ccc(C[C@H](NC(=O)OCC3c4ccccc4-c4ccccc43)C(=O)O)cn2)c1. The number of carbonyl (C=O) groups excluding carboxylic acids is 1. The molecular weight excluding hydrogens is 506 g/mol. The van der Waals surface area contributed by atoms with Crippen LogP contribution in [0, 0.1) is 0 Å². The average molecular weight is 538 g/mol. The van der Waals surface area contributed by atoms with Gasteiger partial charge < -0.3 is 19.9 Å². The molecule has 0 spiro atoms. The molecule has 0 unspecified atom stereocenters. The van der Waals surface area contributed by atoms with Crippen molar-refractivity contribution in [3.8, 4) is 28.1 Å². The number of nitrogens with zero attached hydrogens (tertiary/aromatic N) is 2. The monoisotopic (exact) mass is 537 g/mol. The Morgan fingerprint density at radius 1 is 0.950 bits per heavy atom. The lowest BCUT2D eigenvalue weighted by Crippen LogP contribution is -2.42. The van der Waals surface area contributed by atoms with Crippen LogP contribution in [0.2, 0.25) is 0 Å². The van der Waals surface area contributed by atoms with Crippen LogP contribution in [0.15, 0.2) is 85.3 Å². The molecule has 2 aromatic carbocycles. The molecule has 1 aliphatic rings. The fraction of sp³-hybridized carbons (Fsp3) is 0.250. The van der Waals surface area contributed by atoms with Gasteiger partial charge in [0.05, 0.1) is 11.9 Å². The maximum atomic E-state index is 12.7. The molecule has 1 atom stereocenters. The van der Waals surface area contributed by atoms with Gasteiger partial charge in [-0.2, -0.15) is 0 Å². The molecule has 2 aromatic heterocycles. The van der Waals surface area contributed by atoms with Gasteiger partial charge in [-0.05, 0) is 60.7 Å². The van der Waals surface area contributed by atoms with Crippen molar-refractivity contribution in [2.75, 3.05) is 6.61 Å². The van der Waals surface area contributed by atoms with Crippen LogP contribution in [0.1, 0.15) is 43.4 Å². The molecule has 2 N–H and O–H groups in total. The summed E-state index contributed by atoms with van der Waals surface area (Å²) in [5.41, 5.74) is 6.17. The molecule has 204 valence electrons. The van der Waals surface area contributed by atoms with E-state index < -0.39 is 18.1 Å². The molecule has 40 heavy (non-hydrogen) atoms. The smallest absolute Gasteiger partial charge is 0.407 e. The topological polar surface area (TPSA) is 111 Å². The third kappa shape index (κ3) is 6.12. The summed E-state index contributed by atoms with van der Waals surface area (Å²) < 4.78 is 11.4. The summed E-state index contributed by atoms with van der Waals surface area (Å²) in [6, 6.07) is 20.3. The predicted octanol–water partition coefficient (Wildman–Crippen LogP) is 5.86. The summed E-state index contributed by atoms with van der Waals surface area (Å²) >= 11 is 0. The predicted molar refractivity (Wildman–Crippen MR) is 151 cm³/mol. The first-order valence-electron chi connectivity index (χ1n) is 13.1. The fourth-order valence-electron chi connectivity index (χ4n) is 4.90. The van der Waals surface area contributed by atoms with Crippen molar-refractivity contribution in [2.24, 2.45) is 0 Å². The van der Waals surface area contributed by atoms with Crippen molar-refractivity contribution in [2.45, 2.75) is 44.8 Å². The van der Waals surface area contributed by atoms with Crippen LogP contribution in [0.5, 0.6) is 5.75 Å². The maximum Gasteiger partial charge on any atom is 0.407 e. The Kier molecular flexibility index (Phi) is 7.51. The molecule has 0 radical (unpaired) electrons. The van der Waals surface area contributed by atoms with Crippen LogP contribution in [0.25, 0.3) is 22.4 Å². The van der Waals surface area contributed by atoms with E-state index in [2.05, 4.69) is 27.4 Å². The number of nitrogens with one attached hydrogen (secondary N) is 1. The number of amides is 1. The molecule has 8 heteroatoms. The number of benzene rings is 2. The minimum Gasteiger partial charge on any atom is -0.487 e. The van der Waals surface area contributed by atoms with Crippen LogP contribution in [0.3, 0.4) is 0 Å². The van der Waals surface area contributed by atoms with Crippen molar-refractivity contribution in [3.05, 3.63) is 102 Å². The standard InChI is InChI=1S/C32H31N3O5/c1-32(2,3)40-22-15-21(17-33-18-22)28-13-12-20(16-34-28)14-29(30(36)37)35-31(38)39-19-27-25-10-6-4-8-23(25)24-9-5-7-11-26(24)27/h4-13,15-18,27,29H,14,19H2,1-3H3,(H,35,38)(H,36,37)/t29-/m0/s1. The van der Waals surface area contributed by atoms with Gasteiger partial charge in [0.2, 0.25) is 0 Å². The van der Waals surface area contributed by atoms with Gasteiger partial charge in [0.15, 0.2) is 0 Å². The number of hydrogen-bond donors (Lipinski definition) is 2. The number of carboxylic acids is 1. The number of fused-ring (bicyclic) bond motifs is 3. The zero-order valence-corrected chi connectivity index (χ0v) is 22.6. The first-order chi connectivity index (χ1) is 19.2. The lowest BCUT2D eigenvalue weighted by molar-refractivity contribution is -0.139. The summed E-state index contributed by atoms with van der Waals surface area (Å²) in [5, 5.41) is 12.3. The highest BCUT2D eigenvalue weighted by Crippen LogP contribution is 2.44. The lowest BCUT2D eigenvalue weighted by atomic mass is 9.98. The summed E-state index contributed by atoms with van der Waals surface area (Å²) in [6.45, 7) is 5.99. The fourth-order valence-corrected chi connectivity index (χ4v) is 4.90. The maximum absolute atomic E-state index is 12.7. The van der Waals surface area contributed by atoms with Gasteiger partial charge in [-0.15, -0.1) is 0 Å². The minimum absolute atomic E-state index is 0.0538. The number of hydrogen-bond acceptors (Lipinski definition) is 6. The van der Waals surface area contributed by atoms with Gasteiger partial charge in [-0.1, -0.05) is 54.6 Å². The number of carboxylic acid groups (broad SMARTS) is 1. The number of aliphatic carboxylic acids is 1. The Morgan fingerprint density at radius 2 is 1.62 bits per heavy atom. The highest BCUT2D eigenvalue weighted by molar-refractivity contribution is 5.81. The zero-order valence-electron chi connectivity index (χ0n) is 22.6. The molecule has 0 bridgehead atoms. The van der Waals surface area contributed by atoms with Gasteiger partial charge in [0, 0.05) is 30.3 Å². The largest absolute Gasteiger partial charge is 0.487 e. The number of rotatable bonds is 8. The van der Waals surface area contributed by atoms with E-state index in [1.54, 1.807) is 30.7 Å². The van der Waals surface area contributed by atoms with Crippen molar-refractivity contribution in [1.82, 2.24) is 15.3 Å². The van der Waals surface area contributed by atoms with Gasteiger partial charge in [0.1, 0.15) is 24.0 Å². The molecule has 4 aromatic rings. The van der Waals surface area contributed by atoms with E-state index in [4.69, 9.17) is 9.47 Å². The first kappa shape index (κ1) is 26.9. The Morgan fingerprint density at radius 3 is 2.23 bits per heavy atom. The summed E-state index contributed by atoms with van der Waals surface area (Å²) in [4.78, 5) is 33.3. The lowest BCUT2D eigenvalue weighted by Gasteiger charge is -2.21. The van der Waals surface area contributed by atoms with Gasteiger partial charge in [-0.3, -0.25) is 9.97 Å². The minimum atomic E-state index is -1.17. The molecule has 0 fully saturated rings. The molecule has 1 amide bonds. The van der Waals surface area contributed by atoms with E-state index in [-0.39, 0.29) is 24.5 Å². The van der Waals surface area contributed by atoms with Crippen LogP contribution in [-0.2, 0) is 16.0 Å². The molecule has 5 rings (SSSR count). The van der Waals surface area contributed by atoms with Gasteiger partial charge in [-0.25, -0.2) is 9.59 Å². The molecule has 1 aliphatic carbocycles. The highest BCUT2D eigenvalue weighted by Gasteiger charge is 2.30. The quantitative estimate of drug-likeness (QED) is 0.290. The number of alkyl carbamates (subject to hydrolysis) is 1. The van der Waals surface area contributed by atoms with E-state index in [0.717, 1.165) is 27.8 Å². The third-order valence-electron chi connectivity index (χ3n) is 6.63. The second-order valence-electron chi connectivity index (χ2n) is 10.7. The summed E-state index contributed by atoms with van der Waals surface area (Å²) in [5.74, 6) is -0.636.